The Balaban J connectivity index is 1.79. The smallest absolute Gasteiger partial charge is 0.417 e. The zero-order chi connectivity index (χ0) is 16.4. The molecule has 5 heteroatoms. The normalized spacial score (nSPS) is 10.5. The molecule has 0 bridgehead atoms. The lowest BCUT2D eigenvalue weighted by Gasteiger charge is -2.10. The van der Waals surface area contributed by atoms with Gasteiger partial charge >= 0.3 is 11.7 Å². The highest BCUT2D eigenvalue weighted by Gasteiger charge is 2.08. The van der Waals surface area contributed by atoms with Crippen molar-refractivity contribution in [3.8, 4) is 5.75 Å². The monoisotopic (exact) mass is 309 g/mol. The fourth-order valence-electron chi connectivity index (χ4n) is 2.22. The van der Waals surface area contributed by atoms with E-state index in [0.717, 1.165) is 16.5 Å². The van der Waals surface area contributed by atoms with Crippen LogP contribution in [-0.4, -0.2) is 6.09 Å². The van der Waals surface area contributed by atoms with Crippen molar-refractivity contribution in [2.24, 2.45) is 0 Å². The van der Waals surface area contributed by atoms with Crippen LogP contribution >= 0.6 is 0 Å². The number of hydrogen-bond acceptors (Lipinski definition) is 4. The van der Waals surface area contributed by atoms with E-state index in [-0.39, 0.29) is 0 Å². The van der Waals surface area contributed by atoms with Gasteiger partial charge in [-0.1, -0.05) is 12.1 Å². The lowest BCUT2D eigenvalue weighted by Crippen LogP contribution is -2.17. The Kier molecular flexibility index (Phi) is 3.85. The molecule has 3 aromatic rings. The fourth-order valence-corrected chi connectivity index (χ4v) is 2.22. The molecule has 116 valence electrons. The van der Waals surface area contributed by atoms with E-state index in [0.29, 0.717) is 17.0 Å². The second-order valence-electron chi connectivity index (χ2n) is 5.29. The molecule has 1 N–H and O–H groups in total. The number of aryl methyl sites for hydroxylation is 2. The maximum atomic E-state index is 12.0. The van der Waals surface area contributed by atoms with Gasteiger partial charge in [0, 0.05) is 23.2 Å². The second-order valence-corrected chi connectivity index (χ2v) is 5.29. The number of carbonyl (C=O) groups excluding carboxylic acids is 1. The summed E-state index contributed by atoms with van der Waals surface area (Å²) in [4.78, 5) is 23.3. The van der Waals surface area contributed by atoms with E-state index >= 15 is 0 Å². The summed E-state index contributed by atoms with van der Waals surface area (Å²) in [6.45, 7) is 3.85. The molecule has 0 fully saturated rings. The van der Waals surface area contributed by atoms with Gasteiger partial charge in [-0.05, 0) is 49.2 Å². The first-order chi connectivity index (χ1) is 11.0. The first-order valence-corrected chi connectivity index (χ1v) is 7.11. The number of rotatable bonds is 2. The predicted molar refractivity (Wildman–Crippen MR) is 88.0 cm³/mol. The zero-order valence-electron chi connectivity index (χ0n) is 12.8. The average molecular weight is 309 g/mol. The van der Waals surface area contributed by atoms with Crippen molar-refractivity contribution >= 4 is 22.7 Å². The van der Waals surface area contributed by atoms with Crippen LogP contribution in [-0.2, 0) is 0 Å². The van der Waals surface area contributed by atoms with E-state index in [2.05, 4.69) is 5.32 Å². The Hall–Kier alpha value is -3.08. The molecule has 0 aliphatic carbocycles. The van der Waals surface area contributed by atoms with Gasteiger partial charge in [-0.3, -0.25) is 5.32 Å². The highest BCUT2D eigenvalue weighted by Crippen LogP contribution is 2.21. The van der Waals surface area contributed by atoms with Gasteiger partial charge in [0.25, 0.3) is 0 Å². The summed E-state index contributed by atoms with van der Waals surface area (Å²) in [5, 5.41) is 3.46. The predicted octanol–water partition coefficient (Wildman–Crippen LogP) is 4.02. The lowest BCUT2D eigenvalue weighted by atomic mass is 10.1. The van der Waals surface area contributed by atoms with Crippen LogP contribution in [0, 0.1) is 13.8 Å². The van der Waals surface area contributed by atoms with Crippen molar-refractivity contribution in [1.82, 2.24) is 0 Å². The number of ether oxygens (including phenoxy) is 1. The van der Waals surface area contributed by atoms with Gasteiger partial charge in [0.2, 0.25) is 0 Å². The minimum atomic E-state index is -0.601. The van der Waals surface area contributed by atoms with Crippen LogP contribution in [0.4, 0.5) is 10.5 Å². The number of benzene rings is 2. The molecule has 0 unspecified atom stereocenters. The van der Waals surface area contributed by atoms with Crippen molar-refractivity contribution in [2.45, 2.75) is 13.8 Å². The van der Waals surface area contributed by atoms with Crippen LogP contribution in [0.25, 0.3) is 11.0 Å². The topological polar surface area (TPSA) is 68.5 Å². The standard InChI is InChI=1S/C18H15NO4/c1-11-3-4-12(2)15(9-11)19-18(21)22-14-7-5-13-6-8-17(20)23-16(13)10-14/h3-10H,1-2H3,(H,19,21). The van der Waals surface area contributed by atoms with Gasteiger partial charge < -0.3 is 9.15 Å². The zero-order valence-corrected chi connectivity index (χ0v) is 12.8. The molecule has 0 aliphatic heterocycles. The third-order valence-corrected chi connectivity index (χ3v) is 3.43. The van der Waals surface area contributed by atoms with E-state index in [1.807, 2.05) is 32.0 Å². The number of hydrogen-bond donors (Lipinski definition) is 1. The molecule has 3 rings (SSSR count). The van der Waals surface area contributed by atoms with Crippen molar-refractivity contribution in [2.75, 3.05) is 5.32 Å². The van der Waals surface area contributed by atoms with Crippen LogP contribution < -0.4 is 15.7 Å². The minimum absolute atomic E-state index is 0.301. The largest absolute Gasteiger partial charge is 0.423 e. The molecule has 0 aliphatic rings. The maximum Gasteiger partial charge on any atom is 0.417 e. The third-order valence-electron chi connectivity index (χ3n) is 3.43. The van der Waals surface area contributed by atoms with Crippen LogP contribution in [0.1, 0.15) is 11.1 Å². The highest BCUT2D eigenvalue weighted by molar-refractivity contribution is 5.88. The minimum Gasteiger partial charge on any atom is -0.423 e. The van der Waals surface area contributed by atoms with Gasteiger partial charge in [-0.15, -0.1) is 0 Å². The SMILES string of the molecule is Cc1ccc(C)c(NC(=O)Oc2ccc3ccc(=O)oc3c2)c1. The Morgan fingerprint density at radius 3 is 2.65 bits per heavy atom. The van der Waals surface area contributed by atoms with E-state index < -0.39 is 11.7 Å². The van der Waals surface area contributed by atoms with E-state index in [1.165, 1.54) is 12.1 Å². The van der Waals surface area contributed by atoms with Gasteiger partial charge in [0.05, 0.1) is 0 Å². The molecule has 5 nitrogen and oxygen atoms in total. The number of amides is 1. The first-order valence-electron chi connectivity index (χ1n) is 7.11. The summed E-state index contributed by atoms with van der Waals surface area (Å²) >= 11 is 0. The van der Waals surface area contributed by atoms with Gasteiger partial charge in [0.15, 0.2) is 0 Å². The van der Waals surface area contributed by atoms with Crippen LogP contribution in [0.15, 0.2) is 57.7 Å². The van der Waals surface area contributed by atoms with Crippen molar-refractivity contribution in [3.63, 3.8) is 0 Å². The molecule has 0 spiro atoms. The quantitative estimate of drug-likeness (QED) is 0.726. The highest BCUT2D eigenvalue weighted by atomic mass is 16.6. The molecular weight excluding hydrogens is 294 g/mol. The number of fused-ring (bicyclic) bond motifs is 1. The Bertz CT molecular complexity index is 943. The number of carbonyl (C=O) groups is 1. The number of nitrogens with one attached hydrogen (secondary N) is 1. The van der Waals surface area contributed by atoms with Crippen LogP contribution in [0.2, 0.25) is 0 Å². The fraction of sp³-hybridized carbons (Fsp3) is 0.111. The molecular formula is C18H15NO4. The van der Waals surface area contributed by atoms with Gasteiger partial charge in [-0.25, -0.2) is 9.59 Å². The van der Waals surface area contributed by atoms with Gasteiger partial charge in [0.1, 0.15) is 11.3 Å². The molecule has 0 atom stereocenters. The van der Waals surface area contributed by atoms with Crippen molar-refractivity contribution in [1.29, 1.82) is 0 Å². The molecule has 1 amide bonds. The maximum absolute atomic E-state index is 12.0. The van der Waals surface area contributed by atoms with Crippen molar-refractivity contribution in [3.05, 3.63) is 70.1 Å². The molecule has 0 saturated carbocycles. The molecule has 0 saturated heterocycles. The number of anilines is 1. The summed E-state index contributed by atoms with van der Waals surface area (Å²) in [7, 11) is 0. The van der Waals surface area contributed by atoms with E-state index in [4.69, 9.17) is 9.15 Å². The second kappa shape index (κ2) is 5.96. The Morgan fingerprint density at radius 1 is 1.04 bits per heavy atom. The van der Waals surface area contributed by atoms with E-state index in [9.17, 15) is 9.59 Å². The van der Waals surface area contributed by atoms with Crippen molar-refractivity contribution < 1.29 is 13.9 Å². The summed E-state index contributed by atoms with van der Waals surface area (Å²) in [6, 6.07) is 13.6. The summed E-state index contributed by atoms with van der Waals surface area (Å²) in [5.74, 6) is 0.301. The lowest BCUT2D eigenvalue weighted by molar-refractivity contribution is 0.215. The molecule has 23 heavy (non-hydrogen) atoms. The first kappa shape index (κ1) is 14.8. The summed E-state index contributed by atoms with van der Waals surface area (Å²) < 4.78 is 10.3. The Morgan fingerprint density at radius 2 is 1.83 bits per heavy atom. The molecule has 1 aromatic heterocycles. The molecule has 1 heterocycles. The Labute approximate surface area is 132 Å². The molecule has 0 radical (unpaired) electrons. The molecule has 2 aromatic carbocycles. The summed E-state index contributed by atoms with van der Waals surface area (Å²) in [6.07, 6.45) is -0.601. The average Bonchev–Trinajstić information content (AvgIpc) is 2.50. The van der Waals surface area contributed by atoms with Crippen LogP contribution in [0.3, 0.4) is 0 Å². The third kappa shape index (κ3) is 3.40. The summed E-state index contributed by atoms with van der Waals surface area (Å²) in [5.41, 5.74) is 2.60. The van der Waals surface area contributed by atoms with E-state index in [1.54, 1.807) is 18.2 Å². The van der Waals surface area contributed by atoms with Gasteiger partial charge in [-0.2, -0.15) is 0 Å². The van der Waals surface area contributed by atoms with Crippen LogP contribution in [0.5, 0.6) is 5.75 Å².